The molecule has 1 unspecified atom stereocenters. The molecule has 4 rings (SSSR count). The van der Waals surface area contributed by atoms with Crippen molar-refractivity contribution in [3.63, 3.8) is 0 Å². The van der Waals surface area contributed by atoms with Gasteiger partial charge in [-0.05, 0) is 79.8 Å². The first-order valence-electron chi connectivity index (χ1n) is 11.1. The smallest absolute Gasteiger partial charge is 0.153 e. The summed E-state index contributed by atoms with van der Waals surface area (Å²) in [7, 11) is 0. The molecule has 0 radical (unpaired) electrons. The van der Waals surface area contributed by atoms with Crippen molar-refractivity contribution in [3.05, 3.63) is 101 Å². The standard InChI is InChI=1S/C28H29ClN2O2S/c1-27(2,23-11-6-7-12-24(23)29)26-30-25(28(3,4)32)18-31(26)21-15-13-19(14-16-21)20-9-8-10-22(17-20)34(5)33/h6-18,32H,1-5H3. The molecule has 4 aromatic rings. The monoisotopic (exact) mass is 492 g/mol. The summed E-state index contributed by atoms with van der Waals surface area (Å²) in [6, 6.07) is 23.7. The van der Waals surface area contributed by atoms with E-state index in [1.54, 1.807) is 20.1 Å². The van der Waals surface area contributed by atoms with Gasteiger partial charge in [0.05, 0.1) is 5.69 Å². The largest absolute Gasteiger partial charge is 0.612 e. The van der Waals surface area contributed by atoms with Crippen molar-refractivity contribution >= 4 is 22.8 Å². The fourth-order valence-corrected chi connectivity index (χ4v) is 5.01. The molecule has 3 aromatic carbocycles. The van der Waals surface area contributed by atoms with E-state index >= 15 is 0 Å². The van der Waals surface area contributed by atoms with Crippen molar-refractivity contribution in [1.29, 1.82) is 0 Å². The Balaban J connectivity index is 1.81. The normalized spacial score (nSPS) is 13.2. The summed E-state index contributed by atoms with van der Waals surface area (Å²) >= 11 is 5.54. The maximum Gasteiger partial charge on any atom is 0.153 e. The lowest BCUT2D eigenvalue weighted by atomic mass is 9.83. The van der Waals surface area contributed by atoms with Crippen LogP contribution >= 0.6 is 11.6 Å². The highest BCUT2D eigenvalue weighted by atomic mass is 35.5. The van der Waals surface area contributed by atoms with Crippen molar-refractivity contribution in [2.45, 2.75) is 43.6 Å². The lowest BCUT2D eigenvalue weighted by molar-refractivity contribution is 0.0741. The highest BCUT2D eigenvalue weighted by molar-refractivity contribution is 7.90. The van der Waals surface area contributed by atoms with Crippen LogP contribution < -0.4 is 0 Å². The Labute approximate surface area is 209 Å². The fourth-order valence-electron chi connectivity index (χ4n) is 4.07. The van der Waals surface area contributed by atoms with E-state index in [1.165, 1.54) is 0 Å². The van der Waals surface area contributed by atoms with Crippen LogP contribution in [0.1, 0.15) is 44.8 Å². The highest BCUT2D eigenvalue weighted by Gasteiger charge is 2.33. The molecular weight excluding hydrogens is 464 g/mol. The van der Waals surface area contributed by atoms with E-state index < -0.39 is 22.2 Å². The van der Waals surface area contributed by atoms with E-state index in [0.717, 1.165) is 33.1 Å². The quantitative estimate of drug-likeness (QED) is 0.313. The van der Waals surface area contributed by atoms with Gasteiger partial charge in [-0.25, -0.2) is 4.98 Å². The Morgan fingerprint density at radius 3 is 2.21 bits per heavy atom. The molecule has 0 amide bonds. The second-order valence-corrected chi connectivity index (χ2v) is 11.3. The van der Waals surface area contributed by atoms with E-state index in [2.05, 4.69) is 13.8 Å². The number of rotatable bonds is 6. The summed E-state index contributed by atoms with van der Waals surface area (Å²) in [6.07, 6.45) is 3.58. The Hall–Kier alpha value is -2.57. The molecule has 4 nitrogen and oxygen atoms in total. The number of hydrogen-bond acceptors (Lipinski definition) is 3. The van der Waals surface area contributed by atoms with Gasteiger partial charge in [0.15, 0.2) is 4.90 Å². The van der Waals surface area contributed by atoms with Gasteiger partial charge in [-0.1, -0.05) is 54.1 Å². The third kappa shape index (κ3) is 4.80. The zero-order valence-corrected chi connectivity index (χ0v) is 21.6. The number of aliphatic hydroxyl groups is 1. The van der Waals surface area contributed by atoms with Gasteiger partial charge in [0.2, 0.25) is 0 Å². The molecule has 0 saturated carbocycles. The van der Waals surface area contributed by atoms with Crippen molar-refractivity contribution in [3.8, 4) is 16.8 Å². The maximum atomic E-state index is 11.9. The molecule has 0 spiro atoms. The average Bonchev–Trinajstić information content (AvgIpc) is 3.27. The van der Waals surface area contributed by atoms with Crippen LogP contribution in [0.4, 0.5) is 0 Å². The molecule has 0 aliphatic rings. The van der Waals surface area contributed by atoms with Gasteiger partial charge in [-0.2, -0.15) is 0 Å². The summed E-state index contributed by atoms with van der Waals surface area (Å²) in [6.45, 7) is 7.65. The molecule has 1 atom stereocenters. The third-order valence-corrected chi connectivity index (χ3v) is 7.33. The topological polar surface area (TPSA) is 61.1 Å². The molecule has 0 fully saturated rings. The summed E-state index contributed by atoms with van der Waals surface area (Å²) in [5, 5.41) is 11.4. The zero-order valence-electron chi connectivity index (χ0n) is 20.0. The molecule has 0 saturated heterocycles. The first-order valence-corrected chi connectivity index (χ1v) is 13.0. The van der Waals surface area contributed by atoms with Crippen LogP contribution in [0, 0.1) is 0 Å². The second-order valence-electron chi connectivity index (χ2n) is 9.51. The van der Waals surface area contributed by atoms with Gasteiger partial charge in [-0.15, -0.1) is 0 Å². The van der Waals surface area contributed by atoms with Gasteiger partial charge in [0.25, 0.3) is 0 Å². The number of nitrogens with zero attached hydrogens (tertiary/aromatic N) is 2. The number of hydrogen-bond donors (Lipinski definition) is 1. The van der Waals surface area contributed by atoms with Crippen LogP contribution in [0.3, 0.4) is 0 Å². The summed E-state index contributed by atoms with van der Waals surface area (Å²) in [5.41, 5.74) is 2.92. The highest BCUT2D eigenvalue weighted by Crippen LogP contribution is 2.37. The Morgan fingerprint density at radius 2 is 1.59 bits per heavy atom. The van der Waals surface area contributed by atoms with Crippen LogP contribution in [0.15, 0.2) is 83.9 Å². The van der Waals surface area contributed by atoms with Gasteiger partial charge in [0, 0.05) is 28.4 Å². The zero-order chi connectivity index (χ0) is 24.7. The van der Waals surface area contributed by atoms with Gasteiger partial charge < -0.3 is 14.2 Å². The van der Waals surface area contributed by atoms with Crippen molar-refractivity contribution in [2.24, 2.45) is 0 Å². The van der Waals surface area contributed by atoms with E-state index in [9.17, 15) is 9.66 Å². The molecule has 6 heteroatoms. The number of halogens is 1. The Morgan fingerprint density at radius 1 is 0.912 bits per heavy atom. The summed E-state index contributed by atoms with van der Waals surface area (Å²) in [4.78, 5) is 5.68. The molecule has 0 aliphatic heterocycles. The predicted octanol–water partition coefficient (Wildman–Crippen LogP) is 6.48. The second kappa shape index (κ2) is 9.23. The van der Waals surface area contributed by atoms with Crippen LogP contribution in [0.25, 0.3) is 16.8 Å². The lowest BCUT2D eigenvalue weighted by Crippen LogP contribution is -2.25. The molecule has 1 N–H and O–H groups in total. The van der Waals surface area contributed by atoms with Crippen molar-refractivity contribution in [1.82, 2.24) is 9.55 Å². The molecule has 34 heavy (non-hydrogen) atoms. The van der Waals surface area contributed by atoms with Crippen molar-refractivity contribution < 1.29 is 9.66 Å². The predicted molar refractivity (Wildman–Crippen MR) is 140 cm³/mol. The van der Waals surface area contributed by atoms with Crippen LogP contribution in [-0.2, 0) is 22.2 Å². The van der Waals surface area contributed by atoms with E-state index in [4.69, 9.17) is 16.6 Å². The Kier molecular flexibility index (Phi) is 6.67. The fraction of sp³-hybridized carbons (Fsp3) is 0.250. The van der Waals surface area contributed by atoms with Gasteiger partial charge in [0.1, 0.15) is 17.7 Å². The van der Waals surface area contributed by atoms with Crippen LogP contribution in [0.2, 0.25) is 5.02 Å². The average molecular weight is 493 g/mol. The lowest BCUT2D eigenvalue weighted by Gasteiger charge is -2.27. The van der Waals surface area contributed by atoms with Gasteiger partial charge >= 0.3 is 0 Å². The first kappa shape index (κ1) is 24.6. The molecule has 0 aliphatic carbocycles. The van der Waals surface area contributed by atoms with E-state index in [-0.39, 0.29) is 0 Å². The number of aromatic nitrogens is 2. The third-order valence-electron chi connectivity index (χ3n) is 6.08. The summed E-state index contributed by atoms with van der Waals surface area (Å²) < 4.78 is 13.9. The summed E-state index contributed by atoms with van der Waals surface area (Å²) in [5.74, 6) is 0.786. The SMILES string of the molecule is C[S+]([O-])c1cccc(-c2ccc(-n3cc(C(C)(C)O)nc3C(C)(C)c3ccccc3Cl)cc2)c1. The minimum Gasteiger partial charge on any atom is -0.612 e. The van der Waals surface area contributed by atoms with Crippen LogP contribution in [-0.4, -0.2) is 25.5 Å². The minimum atomic E-state index is -1.09. The number of benzene rings is 3. The molecule has 0 bridgehead atoms. The van der Waals surface area contributed by atoms with Crippen molar-refractivity contribution in [2.75, 3.05) is 6.26 Å². The van der Waals surface area contributed by atoms with Crippen LogP contribution in [0.5, 0.6) is 0 Å². The van der Waals surface area contributed by atoms with E-state index in [1.807, 2.05) is 83.6 Å². The number of imidazole rings is 1. The molecule has 176 valence electrons. The van der Waals surface area contributed by atoms with Gasteiger partial charge in [-0.3, -0.25) is 0 Å². The maximum absolute atomic E-state index is 11.9. The molecular formula is C28H29ClN2O2S. The first-order chi connectivity index (χ1) is 16.0. The molecule has 1 aromatic heterocycles. The minimum absolute atomic E-state index is 0.514. The molecule has 1 heterocycles. The van der Waals surface area contributed by atoms with E-state index in [0.29, 0.717) is 10.7 Å². The Bertz CT molecular complexity index is 1300.